The van der Waals surface area contributed by atoms with Crippen molar-refractivity contribution in [2.75, 3.05) is 20.1 Å². The average molecular weight is 318 g/mol. The number of aryl methyl sites for hydroxylation is 1. The van der Waals surface area contributed by atoms with Crippen molar-refractivity contribution in [3.8, 4) is 0 Å². The molecule has 1 saturated heterocycles. The second kappa shape index (κ2) is 6.67. The molecule has 0 aliphatic carbocycles. The van der Waals surface area contributed by atoms with Gasteiger partial charge in [-0.25, -0.2) is 0 Å². The smallest absolute Gasteiger partial charge is 0.287 e. The van der Waals surface area contributed by atoms with Crippen LogP contribution in [0, 0.1) is 12.8 Å². The Morgan fingerprint density at radius 3 is 3.05 bits per heavy atom. The molecule has 1 N–H and O–H groups in total. The normalized spacial score (nSPS) is 22.6. The zero-order valence-electron chi connectivity index (χ0n) is 13.0. The van der Waals surface area contributed by atoms with Crippen molar-refractivity contribution in [2.24, 2.45) is 5.92 Å². The van der Waals surface area contributed by atoms with Gasteiger partial charge in [-0.15, -0.1) is 11.3 Å². The SMILES string of the molecule is Cc1ccoc1C(=O)NC[C@H]1CCCN(C)[C@H]1c1cccs1. The fourth-order valence-electron chi connectivity index (χ4n) is 3.29. The van der Waals surface area contributed by atoms with Crippen LogP contribution < -0.4 is 5.32 Å². The van der Waals surface area contributed by atoms with Gasteiger partial charge in [-0.2, -0.15) is 0 Å². The summed E-state index contributed by atoms with van der Waals surface area (Å²) in [5.74, 6) is 0.758. The first-order valence-corrected chi connectivity index (χ1v) is 8.60. The summed E-state index contributed by atoms with van der Waals surface area (Å²) in [6, 6.07) is 6.51. The van der Waals surface area contributed by atoms with Gasteiger partial charge in [0, 0.05) is 23.0 Å². The monoisotopic (exact) mass is 318 g/mol. The minimum atomic E-state index is -0.111. The van der Waals surface area contributed by atoms with Gasteiger partial charge in [0.25, 0.3) is 5.91 Å². The Kier molecular flexibility index (Phi) is 4.64. The van der Waals surface area contributed by atoms with Gasteiger partial charge in [0.05, 0.1) is 6.26 Å². The molecule has 0 radical (unpaired) electrons. The number of furan rings is 1. The molecule has 1 fully saturated rings. The molecule has 2 aromatic heterocycles. The van der Waals surface area contributed by atoms with E-state index in [9.17, 15) is 4.79 Å². The van der Waals surface area contributed by atoms with E-state index in [0.29, 0.717) is 24.3 Å². The first-order valence-electron chi connectivity index (χ1n) is 7.72. The van der Waals surface area contributed by atoms with Gasteiger partial charge < -0.3 is 9.73 Å². The third-order valence-electron chi connectivity index (χ3n) is 4.43. The number of carbonyl (C=O) groups excluding carboxylic acids is 1. The van der Waals surface area contributed by atoms with E-state index in [-0.39, 0.29) is 5.91 Å². The summed E-state index contributed by atoms with van der Waals surface area (Å²) in [4.78, 5) is 16.0. The lowest BCUT2D eigenvalue weighted by molar-refractivity contribution is 0.0869. The number of amides is 1. The standard InChI is InChI=1S/C17H22N2O2S/c1-12-7-9-21-16(12)17(20)18-11-13-5-3-8-19(2)15(13)14-6-4-10-22-14/h4,6-7,9-10,13,15H,3,5,8,11H2,1-2H3,(H,18,20)/t13-,15-/m1/s1. The Hall–Kier alpha value is -1.59. The highest BCUT2D eigenvalue weighted by atomic mass is 32.1. The summed E-state index contributed by atoms with van der Waals surface area (Å²) in [6.45, 7) is 3.69. The minimum Gasteiger partial charge on any atom is -0.459 e. The number of piperidine rings is 1. The molecule has 0 saturated carbocycles. The predicted molar refractivity (Wildman–Crippen MR) is 88.2 cm³/mol. The molecule has 0 bridgehead atoms. The topological polar surface area (TPSA) is 45.5 Å². The number of nitrogens with zero attached hydrogens (tertiary/aromatic N) is 1. The molecule has 1 aliphatic heterocycles. The van der Waals surface area contributed by atoms with Crippen LogP contribution in [0.3, 0.4) is 0 Å². The van der Waals surface area contributed by atoms with Crippen LogP contribution >= 0.6 is 11.3 Å². The summed E-state index contributed by atoms with van der Waals surface area (Å²) in [6.07, 6.45) is 3.89. The third-order valence-corrected chi connectivity index (χ3v) is 5.38. The van der Waals surface area contributed by atoms with Crippen LogP contribution in [0.5, 0.6) is 0 Å². The lowest BCUT2D eigenvalue weighted by Crippen LogP contribution is -2.41. The average Bonchev–Trinajstić information content (AvgIpc) is 3.16. The molecule has 4 nitrogen and oxygen atoms in total. The maximum Gasteiger partial charge on any atom is 0.287 e. The fraction of sp³-hybridized carbons (Fsp3) is 0.471. The quantitative estimate of drug-likeness (QED) is 0.939. The Morgan fingerprint density at radius 2 is 2.36 bits per heavy atom. The molecule has 2 aromatic rings. The summed E-state index contributed by atoms with van der Waals surface area (Å²) >= 11 is 1.80. The lowest BCUT2D eigenvalue weighted by atomic mass is 9.88. The van der Waals surface area contributed by atoms with Crippen molar-refractivity contribution in [2.45, 2.75) is 25.8 Å². The zero-order valence-corrected chi connectivity index (χ0v) is 13.9. The molecule has 22 heavy (non-hydrogen) atoms. The molecule has 1 aliphatic rings. The van der Waals surface area contributed by atoms with Crippen LogP contribution in [0.2, 0.25) is 0 Å². The van der Waals surface area contributed by atoms with Crippen molar-refractivity contribution < 1.29 is 9.21 Å². The molecule has 0 spiro atoms. The van der Waals surface area contributed by atoms with Crippen molar-refractivity contribution >= 4 is 17.2 Å². The van der Waals surface area contributed by atoms with Crippen LogP contribution in [0.15, 0.2) is 34.3 Å². The van der Waals surface area contributed by atoms with Gasteiger partial charge >= 0.3 is 0 Å². The Balaban J connectivity index is 1.67. The highest BCUT2D eigenvalue weighted by molar-refractivity contribution is 7.10. The number of carbonyl (C=O) groups is 1. The van der Waals surface area contributed by atoms with E-state index >= 15 is 0 Å². The summed E-state index contributed by atoms with van der Waals surface area (Å²) in [7, 11) is 2.18. The van der Waals surface area contributed by atoms with E-state index in [0.717, 1.165) is 18.5 Å². The van der Waals surface area contributed by atoms with Crippen LogP contribution in [-0.2, 0) is 0 Å². The first kappa shape index (κ1) is 15.3. The molecule has 1 amide bonds. The molecule has 0 unspecified atom stereocenters. The molecule has 2 atom stereocenters. The minimum absolute atomic E-state index is 0.111. The third kappa shape index (κ3) is 3.10. The molecule has 3 rings (SSSR count). The van der Waals surface area contributed by atoms with Gasteiger partial charge in [-0.05, 0) is 56.8 Å². The predicted octanol–water partition coefficient (Wildman–Crippen LogP) is 3.46. The molecule has 5 heteroatoms. The maximum atomic E-state index is 12.2. The lowest BCUT2D eigenvalue weighted by Gasteiger charge is -2.38. The van der Waals surface area contributed by atoms with Gasteiger partial charge in [0.2, 0.25) is 0 Å². The van der Waals surface area contributed by atoms with E-state index in [4.69, 9.17) is 4.42 Å². The molecular formula is C17H22N2O2S. The number of nitrogens with one attached hydrogen (secondary N) is 1. The van der Waals surface area contributed by atoms with Crippen LogP contribution in [-0.4, -0.2) is 30.9 Å². The van der Waals surface area contributed by atoms with E-state index in [1.807, 2.05) is 13.0 Å². The van der Waals surface area contributed by atoms with Crippen molar-refractivity contribution in [3.63, 3.8) is 0 Å². The molecule has 0 aromatic carbocycles. The highest BCUT2D eigenvalue weighted by Gasteiger charge is 2.31. The summed E-state index contributed by atoms with van der Waals surface area (Å²) in [5, 5.41) is 5.18. The van der Waals surface area contributed by atoms with E-state index in [2.05, 4.69) is 34.8 Å². The molecule has 3 heterocycles. The van der Waals surface area contributed by atoms with Crippen LogP contribution in [0.1, 0.15) is 39.9 Å². The molecule has 118 valence electrons. The van der Waals surface area contributed by atoms with Gasteiger partial charge in [0.15, 0.2) is 5.76 Å². The second-order valence-electron chi connectivity index (χ2n) is 5.99. The molecular weight excluding hydrogens is 296 g/mol. The van der Waals surface area contributed by atoms with Crippen LogP contribution in [0.25, 0.3) is 0 Å². The summed E-state index contributed by atoms with van der Waals surface area (Å²) in [5.41, 5.74) is 0.882. The first-order chi connectivity index (χ1) is 10.7. The number of rotatable bonds is 4. The number of hydrogen-bond acceptors (Lipinski definition) is 4. The number of hydrogen-bond donors (Lipinski definition) is 1. The van der Waals surface area contributed by atoms with Crippen molar-refractivity contribution in [1.29, 1.82) is 0 Å². The zero-order chi connectivity index (χ0) is 15.5. The van der Waals surface area contributed by atoms with E-state index < -0.39 is 0 Å². The largest absolute Gasteiger partial charge is 0.459 e. The second-order valence-corrected chi connectivity index (χ2v) is 6.97. The van der Waals surface area contributed by atoms with Crippen LogP contribution in [0.4, 0.5) is 0 Å². The summed E-state index contributed by atoms with van der Waals surface area (Å²) < 4.78 is 5.27. The number of likely N-dealkylation sites (tertiary alicyclic amines) is 1. The Bertz CT molecular complexity index is 620. The van der Waals surface area contributed by atoms with Gasteiger partial charge in [-0.1, -0.05) is 6.07 Å². The number of thiophene rings is 1. The van der Waals surface area contributed by atoms with Gasteiger partial charge in [-0.3, -0.25) is 9.69 Å². The highest BCUT2D eigenvalue weighted by Crippen LogP contribution is 2.36. The Morgan fingerprint density at radius 1 is 1.50 bits per heavy atom. The fourth-order valence-corrected chi connectivity index (χ4v) is 4.28. The van der Waals surface area contributed by atoms with E-state index in [1.165, 1.54) is 11.3 Å². The van der Waals surface area contributed by atoms with Crippen molar-refractivity contribution in [1.82, 2.24) is 10.2 Å². The maximum absolute atomic E-state index is 12.2. The van der Waals surface area contributed by atoms with E-state index in [1.54, 1.807) is 17.6 Å². The van der Waals surface area contributed by atoms with Crippen molar-refractivity contribution in [3.05, 3.63) is 46.0 Å². The Labute approximate surface area is 135 Å². The van der Waals surface area contributed by atoms with Gasteiger partial charge in [0.1, 0.15) is 0 Å².